The van der Waals surface area contributed by atoms with E-state index in [4.69, 9.17) is 0 Å². The number of anilines is 1. The van der Waals surface area contributed by atoms with E-state index in [1.807, 2.05) is 0 Å². The first kappa shape index (κ1) is 19.2. The van der Waals surface area contributed by atoms with Gasteiger partial charge in [-0.05, 0) is 18.6 Å². The summed E-state index contributed by atoms with van der Waals surface area (Å²) in [6.45, 7) is 2.66. The highest BCUT2D eigenvalue weighted by molar-refractivity contribution is 6.30. The fraction of sp³-hybridized carbons (Fsp3) is 0.550. The number of carbonyl (C=O) groups excluding carboxylic acids is 2. The van der Waals surface area contributed by atoms with Crippen molar-refractivity contribution in [1.82, 2.24) is 0 Å². The third kappa shape index (κ3) is 4.68. The number of carbonyl (C=O) groups is 3. The van der Waals surface area contributed by atoms with Crippen molar-refractivity contribution in [1.29, 1.82) is 0 Å². The third-order valence-corrected chi connectivity index (χ3v) is 4.72. The third-order valence-electron chi connectivity index (χ3n) is 4.72. The number of aliphatic carboxylic acids is 1. The molecule has 1 aliphatic rings. The second-order valence-electron chi connectivity index (χ2n) is 6.62. The molecule has 136 valence electrons. The van der Waals surface area contributed by atoms with Gasteiger partial charge < -0.3 is 10.0 Å². The van der Waals surface area contributed by atoms with Crippen molar-refractivity contribution in [2.45, 2.75) is 58.3 Å². The van der Waals surface area contributed by atoms with Crippen LogP contribution in [0.5, 0.6) is 0 Å². The molecule has 1 aliphatic heterocycles. The Morgan fingerprint density at radius 1 is 1.00 bits per heavy atom. The van der Waals surface area contributed by atoms with Crippen LogP contribution in [0.2, 0.25) is 0 Å². The topological polar surface area (TPSA) is 74.7 Å². The van der Waals surface area contributed by atoms with Gasteiger partial charge in [0.25, 0.3) is 0 Å². The lowest BCUT2D eigenvalue weighted by Crippen LogP contribution is -2.48. The summed E-state index contributed by atoms with van der Waals surface area (Å²) in [5.41, 5.74) is 0.868. The second-order valence-corrected chi connectivity index (χ2v) is 6.62. The Bertz CT molecular complexity index is 626. The van der Waals surface area contributed by atoms with Gasteiger partial charge in [0.1, 0.15) is 0 Å². The van der Waals surface area contributed by atoms with Crippen molar-refractivity contribution in [3.63, 3.8) is 0 Å². The maximum Gasteiger partial charge on any atom is 0.324 e. The van der Waals surface area contributed by atoms with Gasteiger partial charge in [0, 0.05) is 12.1 Å². The standard InChI is InChI=1S/C20H27NO4/c1-2-3-4-5-6-7-8-11-14-21-16-13-10-9-12-15(16)18(22)17(19(21)23)20(24)25/h9-10,12-13,17H,2-8,11,14H2,1H3,(H,24,25). The number of fused-ring (bicyclic) bond motifs is 1. The van der Waals surface area contributed by atoms with E-state index in [0.29, 0.717) is 17.8 Å². The molecule has 1 aromatic rings. The molecule has 1 unspecified atom stereocenters. The van der Waals surface area contributed by atoms with Crippen molar-refractivity contribution < 1.29 is 19.5 Å². The van der Waals surface area contributed by atoms with E-state index >= 15 is 0 Å². The number of carboxylic acids is 1. The summed E-state index contributed by atoms with van der Waals surface area (Å²) in [7, 11) is 0. The molecule has 5 nitrogen and oxygen atoms in total. The predicted octanol–water partition coefficient (Wildman–Crippen LogP) is 4.06. The van der Waals surface area contributed by atoms with E-state index in [1.165, 1.54) is 37.0 Å². The van der Waals surface area contributed by atoms with Crippen LogP contribution in [0.3, 0.4) is 0 Å². The molecule has 0 aromatic heterocycles. The van der Waals surface area contributed by atoms with Gasteiger partial charge in [-0.15, -0.1) is 0 Å². The Hall–Kier alpha value is -2.17. The molecule has 1 atom stereocenters. The highest BCUT2D eigenvalue weighted by Gasteiger charge is 2.43. The summed E-state index contributed by atoms with van der Waals surface area (Å²) in [6, 6.07) is 6.77. The molecule has 2 rings (SSSR count). The summed E-state index contributed by atoms with van der Waals surface area (Å²) in [6.07, 6.45) is 9.17. The number of benzene rings is 1. The van der Waals surface area contributed by atoms with E-state index in [9.17, 15) is 19.5 Å². The number of carboxylic acid groups (broad SMARTS) is 1. The Balaban J connectivity index is 1.94. The maximum absolute atomic E-state index is 12.5. The largest absolute Gasteiger partial charge is 0.480 e. The smallest absolute Gasteiger partial charge is 0.324 e. The number of Topliss-reactive ketones (excluding diaryl/α,β-unsaturated/α-hetero) is 1. The van der Waals surface area contributed by atoms with Crippen LogP contribution in [0.15, 0.2) is 24.3 Å². The molecule has 0 saturated carbocycles. The monoisotopic (exact) mass is 345 g/mol. The summed E-state index contributed by atoms with van der Waals surface area (Å²) < 4.78 is 0. The molecule has 0 spiro atoms. The lowest BCUT2D eigenvalue weighted by molar-refractivity contribution is -0.144. The van der Waals surface area contributed by atoms with Crippen LogP contribution in [0, 0.1) is 5.92 Å². The van der Waals surface area contributed by atoms with E-state index in [-0.39, 0.29) is 0 Å². The van der Waals surface area contributed by atoms with Crippen LogP contribution in [0.25, 0.3) is 0 Å². The molecular weight excluding hydrogens is 318 g/mol. The number of para-hydroxylation sites is 1. The molecule has 1 aromatic carbocycles. The minimum absolute atomic E-state index is 0.328. The Kier molecular flexibility index (Phi) is 7.16. The van der Waals surface area contributed by atoms with E-state index in [1.54, 1.807) is 24.3 Å². The van der Waals surface area contributed by atoms with Crippen molar-refractivity contribution in [3.8, 4) is 0 Å². The van der Waals surface area contributed by atoms with Crippen LogP contribution in [-0.4, -0.2) is 29.3 Å². The van der Waals surface area contributed by atoms with Gasteiger partial charge in [0.15, 0.2) is 11.7 Å². The predicted molar refractivity (Wildman–Crippen MR) is 96.9 cm³/mol. The van der Waals surface area contributed by atoms with E-state index in [2.05, 4.69) is 6.92 Å². The number of unbranched alkanes of at least 4 members (excludes halogenated alkanes) is 7. The number of amides is 1. The van der Waals surface area contributed by atoms with Crippen LogP contribution in [-0.2, 0) is 9.59 Å². The molecule has 1 amide bonds. The van der Waals surface area contributed by atoms with Gasteiger partial charge in [-0.1, -0.05) is 64.0 Å². The average Bonchev–Trinajstić information content (AvgIpc) is 2.59. The molecule has 25 heavy (non-hydrogen) atoms. The Morgan fingerprint density at radius 2 is 1.60 bits per heavy atom. The minimum Gasteiger partial charge on any atom is -0.480 e. The number of nitrogens with zero attached hydrogens (tertiary/aromatic N) is 1. The van der Waals surface area contributed by atoms with Gasteiger partial charge in [0.2, 0.25) is 5.91 Å². The summed E-state index contributed by atoms with van der Waals surface area (Å²) in [4.78, 5) is 37.6. The van der Waals surface area contributed by atoms with Gasteiger partial charge in [-0.2, -0.15) is 0 Å². The van der Waals surface area contributed by atoms with Crippen LogP contribution < -0.4 is 4.90 Å². The molecule has 0 radical (unpaired) electrons. The SMILES string of the molecule is CCCCCCCCCCN1C(=O)C(C(=O)O)C(=O)c2ccccc21. The fourth-order valence-electron chi connectivity index (χ4n) is 3.31. The van der Waals surface area contributed by atoms with Crippen molar-refractivity contribution in [3.05, 3.63) is 29.8 Å². The quantitative estimate of drug-likeness (QED) is 0.512. The zero-order valence-corrected chi connectivity index (χ0v) is 14.9. The summed E-state index contributed by atoms with van der Waals surface area (Å²) in [5.74, 6) is -4.20. The molecule has 0 saturated heterocycles. The first-order valence-corrected chi connectivity index (χ1v) is 9.25. The molecule has 0 aliphatic carbocycles. The molecular formula is C20H27NO4. The Labute approximate surface area is 149 Å². The number of rotatable bonds is 10. The molecule has 1 heterocycles. The zero-order chi connectivity index (χ0) is 18.2. The van der Waals surface area contributed by atoms with Crippen LogP contribution in [0.1, 0.15) is 68.6 Å². The second kappa shape index (κ2) is 9.35. The average molecular weight is 345 g/mol. The van der Waals surface area contributed by atoms with Crippen molar-refractivity contribution in [2.24, 2.45) is 5.92 Å². The number of ketones is 1. The maximum atomic E-state index is 12.5. The van der Waals surface area contributed by atoms with Crippen molar-refractivity contribution >= 4 is 23.3 Å². The number of hydrogen-bond acceptors (Lipinski definition) is 3. The van der Waals surface area contributed by atoms with Gasteiger partial charge >= 0.3 is 5.97 Å². The van der Waals surface area contributed by atoms with Gasteiger partial charge in [-0.25, -0.2) is 0 Å². The molecule has 0 fully saturated rings. The molecule has 1 N–H and O–H groups in total. The molecule has 5 heteroatoms. The first-order chi connectivity index (χ1) is 12.1. The van der Waals surface area contributed by atoms with Crippen LogP contribution >= 0.6 is 0 Å². The van der Waals surface area contributed by atoms with E-state index in [0.717, 1.165) is 19.3 Å². The number of hydrogen-bond donors (Lipinski definition) is 1. The van der Waals surface area contributed by atoms with Gasteiger partial charge in [-0.3, -0.25) is 14.4 Å². The highest BCUT2D eigenvalue weighted by Crippen LogP contribution is 2.31. The lowest BCUT2D eigenvalue weighted by Gasteiger charge is -2.31. The summed E-state index contributed by atoms with van der Waals surface area (Å²) >= 11 is 0. The lowest BCUT2D eigenvalue weighted by atomic mass is 9.90. The molecule has 0 bridgehead atoms. The zero-order valence-electron chi connectivity index (χ0n) is 14.9. The minimum atomic E-state index is -1.61. The van der Waals surface area contributed by atoms with Crippen LogP contribution in [0.4, 0.5) is 5.69 Å². The highest BCUT2D eigenvalue weighted by atomic mass is 16.4. The van der Waals surface area contributed by atoms with E-state index < -0.39 is 23.6 Å². The Morgan fingerprint density at radius 3 is 2.24 bits per heavy atom. The fourth-order valence-corrected chi connectivity index (χ4v) is 3.31. The van der Waals surface area contributed by atoms with Gasteiger partial charge in [0.05, 0.1) is 5.69 Å². The normalized spacial score (nSPS) is 16.8. The van der Waals surface area contributed by atoms with Crippen molar-refractivity contribution in [2.75, 3.05) is 11.4 Å². The first-order valence-electron chi connectivity index (χ1n) is 9.25. The summed E-state index contributed by atoms with van der Waals surface area (Å²) in [5, 5.41) is 9.27.